The van der Waals surface area contributed by atoms with Crippen molar-refractivity contribution in [1.29, 1.82) is 0 Å². The molecule has 96 valence electrons. The Morgan fingerprint density at radius 3 is 2.37 bits per heavy atom. The van der Waals surface area contributed by atoms with Gasteiger partial charge in [-0.05, 0) is 36.6 Å². The molecule has 3 rings (SSSR count). The Labute approximate surface area is 111 Å². The number of benzene rings is 2. The van der Waals surface area contributed by atoms with E-state index in [1.54, 1.807) is 14.2 Å². The maximum absolute atomic E-state index is 5.38. The topological polar surface area (TPSA) is 31.4 Å². The second-order valence-electron chi connectivity index (χ2n) is 4.57. The normalized spacial score (nSPS) is 10.9. The summed E-state index contributed by atoms with van der Waals surface area (Å²) in [4.78, 5) is 4.48. The lowest BCUT2D eigenvalue weighted by molar-refractivity contribution is 0.356. The number of aromatic nitrogens is 1. The molecule has 1 heterocycles. The predicted octanol–water partition coefficient (Wildman–Crippen LogP) is 3.71. The molecule has 3 heteroatoms. The van der Waals surface area contributed by atoms with Gasteiger partial charge in [-0.2, -0.15) is 0 Å². The highest BCUT2D eigenvalue weighted by Crippen LogP contribution is 2.35. The van der Waals surface area contributed by atoms with Gasteiger partial charge in [-0.1, -0.05) is 11.6 Å². The Bertz CT molecular complexity index is 765. The number of pyridine rings is 1. The summed E-state index contributed by atoms with van der Waals surface area (Å²) in [5.41, 5.74) is 2.21. The molecule has 0 atom stereocenters. The summed E-state index contributed by atoms with van der Waals surface area (Å²) < 4.78 is 10.7. The van der Waals surface area contributed by atoms with Gasteiger partial charge in [0.25, 0.3) is 0 Å². The van der Waals surface area contributed by atoms with Gasteiger partial charge in [-0.15, -0.1) is 0 Å². The highest BCUT2D eigenvalue weighted by Gasteiger charge is 2.09. The molecule has 0 spiro atoms. The second-order valence-corrected chi connectivity index (χ2v) is 4.57. The summed E-state index contributed by atoms with van der Waals surface area (Å²) >= 11 is 0. The van der Waals surface area contributed by atoms with Crippen LogP contribution in [0.5, 0.6) is 11.5 Å². The van der Waals surface area contributed by atoms with Crippen LogP contribution < -0.4 is 9.47 Å². The van der Waals surface area contributed by atoms with Crippen molar-refractivity contribution >= 4 is 21.7 Å². The summed E-state index contributed by atoms with van der Waals surface area (Å²) in [5.74, 6) is 1.47. The minimum Gasteiger partial charge on any atom is -0.493 e. The summed E-state index contributed by atoms with van der Waals surface area (Å²) in [7, 11) is 3.29. The standard InChI is InChI=1S/C16H15NO2/c1-10-4-5-14-13(6-10)12-8-16(19-3)15(18-2)7-11(12)9-17-14/h4-9H,1-3H3. The molecular formula is C16H15NO2. The molecule has 0 saturated carbocycles. The fourth-order valence-corrected chi connectivity index (χ4v) is 2.35. The number of nitrogens with zero attached hydrogens (tertiary/aromatic N) is 1. The minimum atomic E-state index is 0.726. The van der Waals surface area contributed by atoms with Gasteiger partial charge in [0, 0.05) is 17.0 Å². The fourth-order valence-electron chi connectivity index (χ4n) is 2.35. The second kappa shape index (κ2) is 4.43. The average molecular weight is 253 g/mol. The molecule has 19 heavy (non-hydrogen) atoms. The van der Waals surface area contributed by atoms with Crippen molar-refractivity contribution in [2.24, 2.45) is 0 Å². The third kappa shape index (κ3) is 1.87. The first-order valence-corrected chi connectivity index (χ1v) is 6.14. The zero-order valence-corrected chi connectivity index (χ0v) is 11.2. The summed E-state index contributed by atoms with van der Waals surface area (Å²) in [5, 5.41) is 3.32. The van der Waals surface area contributed by atoms with E-state index in [9.17, 15) is 0 Å². The third-order valence-electron chi connectivity index (χ3n) is 3.34. The number of hydrogen-bond acceptors (Lipinski definition) is 3. The first-order valence-electron chi connectivity index (χ1n) is 6.14. The molecule has 0 aliphatic carbocycles. The van der Waals surface area contributed by atoms with Crippen LogP contribution in [0.4, 0.5) is 0 Å². The van der Waals surface area contributed by atoms with Crippen molar-refractivity contribution in [3.63, 3.8) is 0 Å². The van der Waals surface area contributed by atoms with E-state index in [1.165, 1.54) is 5.56 Å². The minimum absolute atomic E-state index is 0.726. The van der Waals surface area contributed by atoms with Crippen molar-refractivity contribution in [1.82, 2.24) is 4.98 Å². The van der Waals surface area contributed by atoms with Crippen molar-refractivity contribution in [3.8, 4) is 11.5 Å². The lowest BCUT2D eigenvalue weighted by atomic mass is 10.0. The molecule has 0 saturated heterocycles. The number of rotatable bonds is 2. The van der Waals surface area contributed by atoms with Crippen LogP contribution >= 0.6 is 0 Å². The van der Waals surface area contributed by atoms with E-state index in [2.05, 4.69) is 24.0 Å². The van der Waals surface area contributed by atoms with E-state index < -0.39 is 0 Å². The van der Waals surface area contributed by atoms with Crippen LogP contribution in [0.1, 0.15) is 5.56 Å². The Hall–Kier alpha value is -2.29. The molecular weight excluding hydrogens is 238 g/mol. The van der Waals surface area contributed by atoms with E-state index in [4.69, 9.17) is 9.47 Å². The molecule has 0 bridgehead atoms. The van der Waals surface area contributed by atoms with Gasteiger partial charge >= 0.3 is 0 Å². The summed E-state index contributed by atoms with van der Waals surface area (Å²) in [6.07, 6.45) is 1.87. The molecule has 0 aliphatic heterocycles. The number of ether oxygens (including phenoxy) is 2. The van der Waals surface area contributed by atoms with Crippen molar-refractivity contribution in [2.75, 3.05) is 14.2 Å². The van der Waals surface area contributed by atoms with Crippen molar-refractivity contribution in [3.05, 3.63) is 42.1 Å². The molecule has 0 N–H and O–H groups in total. The van der Waals surface area contributed by atoms with Crippen LogP contribution in [0.15, 0.2) is 36.5 Å². The first-order chi connectivity index (χ1) is 9.22. The predicted molar refractivity (Wildman–Crippen MR) is 77.1 cm³/mol. The SMILES string of the molecule is COc1cc2cnc3ccc(C)cc3c2cc1OC. The molecule has 0 radical (unpaired) electrons. The van der Waals surface area contributed by atoms with E-state index in [-0.39, 0.29) is 0 Å². The molecule has 3 nitrogen and oxygen atoms in total. The Kier molecular flexibility index (Phi) is 2.75. The number of methoxy groups -OCH3 is 2. The number of aryl methyl sites for hydroxylation is 1. The van der Waals surface area contributed by atoms with Gasteiger partial charge in [0.15, 0.2) is 11.5 Å². The quantitative estimate of drug-likeness (QED) is 0.652. The van der Waals surface area contributed by atoms with E-state index in [0.29, 0.717) is 0 Å². The van der Waals surface area contributed by atoms with E-state index in [1.807, 2.05) is 24.4 Å². The molecule has 1 aromatic heterocycles. The van der Waals surface area contributed by atoms with Gasteiger partial charge in [-0.3, -0.25) is 4.98 Å². The zero-order chi connectivity index (χ0) is 13.4. The fraction of sp³-hybridized carbons (Fsp3) is 0.188. The van der Waals surface area contributed by atoms with Gasteiger partial charge in [0.05, 0.1) is 19.7 Å². The van der Waals surface area contributed by atoms with Crippen LogP contribution in [-0.2, 0) is 0 Å². The average Bonchev–Trinajstić information content (AvgIpc) is 2.45. The van der Waals surface area contributed by atoms with Crippen molar-refractivity contribution < 1.29 is 9.47 Å². The molecule has 0 fully saturated rings. The Morgan fingerprint density at radius 2 is 1.63 bits per heavy atom. The van der Waals surface area contributed by atoms with Crippen LogP contribution in [0, 0.1) is 6.92 Å². The van der Waals surface area contributed by atoms with Crippen LogP contribution in [0.2, 0.25) is 0 Å². The zero-order valence-electron chi connectivity index (χ0n) is 11.2. The summed E-state index contributed by atoms with van der Waals surface area (Å²) in [6.45, 7) is 2.08. The third-order valence-corrected chi connectivity index (χ3v) is 3.34. The van der Waals surface area contributed by atoms with Crippen LogP contribution in [-0.4, -0.2) is 19.2 Å². The lowest BCUT2D eigenvalue weighted by Gasteiger charge is -2.10. The molecule has 0 aliphatic rings. The van der Waals surface area contributed by atoms with Gasteiger partial charge in [-0.25, -0.2) is 0 Å². The highest BCUT2D eigenvalue weighted by atomic mass is 16.5. The lowest BCUT2D eigenvalue weighted by Crippen LogP contribution is -1.91. The largest absolute Gasteiger partial charge is 0.493 e. The molecule has 3 aromatic rings. The Morgan fingerprint density at radius 1 is 0.895 bits per heavy atom. The van der Waals surface area contributed by atoms with E-state index in [0.717, 1.165) is 33.2 Å². The highest BCUT2D eigenvalue weighted by molar-refractivity contribution is 6.06. The first kappa shape index (κ1) is 11.8. The van der Waals surface area contributed by atoms with Gasteiger partial charge in [0.1, 0.15) is 0 Å². The Balaban J connectivity index is 2.43. The van der Waals surface area contributed by atoms with E-state index >= 15 is 0 Å². The summed E-state index contributed by atoms with van der Waals surface area (Å²) in [6, 6.07) is 10.2. The maximum atomic E-state index is 5.38. The monoisotopic (exact) mass is 253 g/mol. The van der Waals surface area contributed by atoms with Crippen molar-refractivity contribution in [2.45, 2.75) is 6.92 Å². The van der Waals surface area contributed by atoms with Gasteiger partial charge in [0.2, 0.25) is 0 Å². The maximum Gasteiger partial charge on any atom is 0.161 e. The molecule has 2 aromatic carbocycles. The number of hydrogen-bond donors (Lipinski definition) is 0. The smallest absolute Gasteiger partial charge is 0.161 e. The molecule has 0 unspecified atom stereocenters. The van der Waals surface area contributed by atoms with Crippen LogP contribution in [0.3, 0.4) is 0 Å². The van der Waals surface area contributed by atoms with Gasteiger partial charge < -0.3 is 9.47 Å². The molecule has 0 amide bonds. The van der Waals surface area contributed by atoms with Crippen LogP contribution in [0.25, 0.3) is 21.7 Å². The number of fused-ring (bicyclic) bond motifs is 3.